The Hall–Kier alpha value is -2.54. The van der Waals surface area contributed by atoms with E-state index >= 15 is 0 Å². The summed E-state index contributed by atoms with van der Waals surface area (Å²) in [6.07, 6.45) is 1.37. The van der Waals surface area contributed by atoms with E-state index in [9.17, 15) is 10.1 Å². The number of aromatic nitrogens is 1. The maximum atomic E-state index is 10.5. The van der Waals surface area contributed by atoms with E-state index < -0.39 is 4.92 Å². The number of methoxy groups -OCH3 is 1. The molecule has 0 aliphatic rings. The Bertz CT molecular complexity index is 626. The Labute approximate surface area is 120 Å². The zero-order valence-electron chi connectivity index (χ0n) is 10.6. The van der Waals surface area contributed by atoms with Gasteiger partial charge >= 0.3 is 5.82 Å². The molecule has 0 radical (unpaired) electrons. The van der Waals surface area contributed by atoms with Gasteiger partial charge in [0.2, 0.25) is 0 Å². The van der Waals surface area contributed by atoms with E-state index in [0.29, 0.717) is 10.6 Å². The van der Waals surface area contributed by atoms with Gasteiger partial charge in [-0.1, -0.05) is 12.2 Å². The molecule has 20 heavy (non-hydrogen) atoms. The van der Waals surface area contributed by atoms with Crippen LogP contribution in [0.25, 0.3) is 0 Å². The minimum atomic E-state index is -0.552. The fourth-order valence-corrected chi connectivity index (χ4v) is 1.74. The van der Waals surface area contributed by atoms with Gasteiger partial charge in [-0.05, 0) is 40.2 Å². The Kier molecular flexibility index (Phi) is 4.21. The minimum absolute atomic E-state index is 0.207. The number of thiocarbonyl (C=S) groups is 1. The molecule has 1 heterocycles. The third-order valence-corrected chi connectivity index (χ3v) is 2.88. The molecule has 7 heteroatoms. The van der Waals surface area contributed by atoms with Gasteiger partial charge in [-0.2, -0.15) is 0 Å². The van der Waals surface area contributed by atoms with Crippen LogP contribution in [0, 0.1) is 10.1 Å². The van der Waals surface area contributed by atoms with Gasteiger partial charge in [0.05, 0.1) is 12.7 Å². The molecule has 1 aromatic carbocycles. The standard InChI is InChI=1S/C13H11N3O3S/c1-19-11-5-3-10(4-6-11)15-13(20)9-2-7-12(14-8-9)16(17)18/h2-8H,1H3,(H,15,20). The number of hydrogen-bond acceptors (Lipinski definition) is 5. The molecule has 0 bridgehead atoms. The second-order valence-electron chi connectivity index (χ2n) is 3.84. The zero-order chi connectivity index (χ0) is 14.5. The highest BCUT2D eigenvalue weighted by atomic mass is 32.1. The lowest BCUT2D eigenvalue weighted by Crippen LogP contribution is -2.10. The number of hydrogen-bond donors (Lipinski definition) is 1. The molecule has 0 saturated heterocycles. The van der Waals surface area contributed by atoms with Gasteiger partial charge < -0.3 is 20.2 Å². The van der Waals surface area contributed by atoms with E-state index in [1.165, 1.54) is 12.3 Å². The maximum absolute atomic E-state index is 10.5. The van der Waals surface area contributed by atoms with Crippen molar-refractivity contribution in [2.75, 3.05) is 12.4 Å². The minimum Gasteiger partial charge on any atom is -0.497 e. The summed E-state index contributed by atoms with van der Waals surface area (Å²) in [5.41, 5.74) is 1.41. The van der Waals surface area contributed by atoms with Gasteiger partial charge in [0.25, 0.3) is 0 Å². The Balaban J connectivity index is 2.08. The third-order valence-electron chi connectivity index (χ3n) is 2.55. The summed E-state index contributed by atoms with van der Waals surface area (Å²) in [7, 11) is 1.59. The molecule has 0 spiro atoms. The normalized spacial score (nSPS) is 9.85. The Morgan fingerprint density at radius 3 is 2.50 bits per heavy atom. The molecule has 1 aromatic heterocycles. The molecule has 102 valence electrons. The summed E-state index contributed by atoms with van der Waals surface area (Å²) >= 11 is 5.22. The first kappa shape index (κ1) is 13.9. The molecule has 6 nitrogen and oxygen atoms in total. The molecular formula is C13H11N3O3S. The first-order chi connectivity index (χ1) is 9.60. The number of anilines is 1. The van der Waals surface area contributed by atoms with Crippen molar-refractivity contribution in [2.24, 2.45) is 0 Å². The number of nitrogens with one attached hydrogen (secondary N) is 1. The fraction of sp³-hybridized carbons (Fsp3) is 0.0769. The van der Waals surface area contributed by atoms with Crippen LogP contribution in [-0.4, -0.2) is 22.0 Å². The molecule has 0 atom stereocenters. The second kappa shape index (κ2) is 6.07. The third kappa shape index (κ3) is 3.27. The zero-order valence-corrected chi connectivity index (χ0v) is 11.4. The van der Waals surface area contributed by atoms with Crippen LogP contribution in [0.1, 0.15) is 5.56 Å². The van der Waals surface area contributed by atoms with Gasteiger partial charge in [-0.25, -0.2) is 0 Å². The smallest absolute Gasteiger partial charge is 0.363 e. The summed E-state index contributed by atoms with van der Waals surface area (Å²) in [6.45, 7) is 0. The molecule has 0 unspecified atom stereocenters. The van der Waals surface area contributed by atoms with Crippen LogP contribution < -0.4 is 10.1 Å². The van der Waals surface area contributed by atoms with E-state index in [0.717, 1.165) is 11.4 Å². The number of nitrogens with zero attached hydrogens (tertiary/aromatic N) is 2. The number of ether oxygens (including phenoxy) is 1. The molecule has 2 aromatic rings. The van der Waals surface area contributed by atoms with Crippen molar-refractivity contribution in [3.05, 3.63) is 58.3 Å². The lowest BCUT2D eigenvalue weighted by Gasteiger charge is -2.07. The first-order valence-corrected chi connectivity index (χ1v) is 6.07. The molecule has 0 amide bonds. The van der Waals surface area contributed by atoms with Crippen LogP contribution in [0.15, 0.2) is 42.6 Å². The van der Waals surface area contributed by atoms with E-state index in [4.69, 9.17) is 17.0 Å². The summed E-state index contributed by atoms with van der Waals surface area (Å²) in [5.74, 6) is 0.541. The van der Waals surface area contributed by atoms with Crippen molar-refractivity contribution in [1.29, 1.82) is 0 Å². The van der Waals surface area contributed by atoms with E-state index in [1.807, 2.05) is 12.1 Å². The highest BCUT2D eigenvalue weighted by Crippen LogP contribution is 2.16. The maximum Gasteiger partial charge on any atom is 0.363 e. The van der Waals surface area contributed by atoms with Crippen LogP contribution in [0.2, 0.25) is 0 Å². The molecule has 0 fully saturated rings. The lowest BCUT2D eigenvalue weighted by molar-refractivity contribution is -0.389. The summed E-state index contributed by atoms with van der Waals surface area (Å²) < 4.78 is 5.06. The van der Waals surface area contributed by atoms with Crippen LogP contribution in [0.4, 0.5) is 11.5 Å². The highest BCUT2D eigenvalue weighted by Gasteiger charge is 2.09. The largest absolute Gasteiger partial charge is 0.497 e. The van der Waals surface area contributed by atoms with Crippen molar-refractivity contribution in [3.63, 3.8) is 0 Å². The molecule has 1 N–H and O–H groups in total. The van der Waals surface area contributed by atoms with Crippen LogP contribution in [0.3, 0.4) is 0 Å². The predicted molar refractivity (Wildman–Crippen MR) is 79.2 cm³/mol. The number of benzene rings is 1. The summed E-state index contributed by atoms with van der Waals surface area (Å²) in [6, 6.07) is 10.1. The van der Waals surface area contributed by atoms with Crippen molar-refractivity contribution in [3.8, 4) is 5.75 Å². The first-order valence-electron chi connectivity index (χ1n) is 5.66. The Morgan fingerprint density at radius 1 is 1.30 bits per heavy atom. The average Bonchev–Trinajstić information content (AvgIpc) is 2.48. The average molecular weight is 289 g/mol. The Morgan fingerprint density at radius 2 is 2.00 bits per heavy atom. The number of rotatable bonds is 4. The number of pyridine rings is 1. The van der Waals surface area contributed by atoms with E-state index in [1.54, 1.807) is 25.3 Å². The van der Waals surface area contributed by atoms with Gasteiger partial charge in [0.15, 0.2) is 6.20 Å². The summed E-state index contributed by atoms with van der Waals surface area (Å²) in [4.78, 5) is 14.1. The van der Waals surface area contributed by atoms with Gasteiger partial charge in [-0.3, -0.25) is 0 Å². The highest BCUT2D eigenvalue weighted by molar-refractivity contribution is 7.81. The van der Waals surface area contributed by atoms with Crippen LogP contribution >= 0.6 is 12.2 Å². The topological polar surface area (TPSA) is 77.3 Å². The predicted octanol–water partition coefficient (Wildman–Crippen LogP) is 2.79. The van der Waals surface area contributed by atoms with Crippen molar-refractivity contribution in [2.45, 2.75) is 0 Å². The lowest BCUT2D eigenvalue weighted by atomic mass is 10.2. The van der Waals surface area contributed by atoms with Crippen LogP contribution in [0.5, 0.6) is 5.75 Å². The van der Waals surface area contributed by atoms with Gasteiger partial charge in [0, 0.05) is 11.8 Å². The van der Waals surface area contributed by atoms with Crippen LogP contribution in [-0.2, 0) is 0 Å². The molecular weight excluding hydrogens is 278 g/mol. The quantitative estimate of drug-likeness (QED) is 0.530. The molecule has 2 rings (SSSR count). The monoisotopic (exact) mass is 289 g/mol. The number of nitro groups is 1. The van der Waals surface area contributed by atoms with Gasteiger partial charge in [0.1, 0.15) is 10.7 Å². The molecule has 0 aliphatic carbocycles. The van der Waals surface area contributed by atoms with E-state index in [-0.39, 0.29) is 5.82 Å². The molecule has 0 aliphatic heterocycles. The van der Waals surface area contributed by atoms with Crippen molar-refractivity contribution in [1.82, 2.24) is 4.98 Å². The molecule has 0 saturated carbocycles. The SMILES string of the molecule is COc1ccc(NC(=S)c2ccc([N+](=O)[O-])nc2)cc1. The van der Waals surface area contributed by atoms with Gasteiger partial charge in [-0.15, -0.1) is 0 Å². The second-order valence-corrected chi connectivity index (χ2v) is 4.25. The van der Waals surface area contributed by atoms with Crippen molar-refractivity contribution >= 4 is 28.7 Å². The van der Waals surface area contributed by atoms with Crippen molar-refractivity contribution < 1.29 is 9.66 Å². The summed E-state index contributed by atoms with van der Waals surface area (Å²) in [5, 5.41) is 13.5. The van der Waals surface area contributed by atoms with E-state index in [2.05, 4.69) is 10.3 Å². The fourth-order valence-electron chi connectivity index (χ4n) is 1.51.